The van der Waals surface area contributed by atoms with Gasteiger partial charge in [0.1, 0.15) is 6.04 Å². The second-order valence-corrected chi connectivity index (χ2v) is 8.62. The van der Waals surface area contributed by atoms with E-state index in [9.17, 15) is 13.2 Å². The van der Waals surface area contributed by atoms with Crippen molar-refractivity contribution >= 4 is 21.6 Å². The van der Waals surface area contributed by atoms with Crippen LogP contribution in [0.15, 0.2) is 53.4 Å². The van der Waals surface area contributed by atoms with E-state index in [0.29, 0.717) is 18.7 Å². The average Bonchev–Trinajstić information content (AvgIpc) is 2.65. The molecule has 1 fully saturated rings. The standard InChI is InChI=1S/C20H24N2O3S/c1-15-11-12-17(14-16(15)2)21-20(23)19-10-6-7-13-22(19)26(24,25)18-8-4-3-5-9-18/h3-5,8-9,11-12,14,19H,6-7,10,13H2,1-2H3,(H,21,23)/t19-/m1/s1. The summed E-state index contributed by atoms with van der Waals surface area (Å²) in [5.41, 5.74) is 2.93. The lowest BCUT2D eigenvalue weighted by molar-refractivity contribution is -0.120. The molecule has 0 aliphatic carbocycles. The van der Waals surface area contributed by atoms with Gasteiger partial charge >= 0.3 is 0 Å². The van der Waals surface area contributed by atoms with Crippen LogP contribution in [-0.4, -0.2) is 31.2 Å². The molecule has 1 aliphatic heterocycles. The van der Waals surface area contributed by atoms with Gasteiger partial charge in [0.25, 0.3) is 0 Å². The Labute approximate surface area is 155 Å². The van der Waals surface area contributed by atoms with Crippen LogP contribution >= 0.6 is 0 Å². The zero-order valence-corrected chi connectivity index (χ0v) is 15.9. The van der Waals surface area contributed by atoms with Crippen LogP contribution in [0.25, 0.3) is 0 Å². The van der Waals surface area contributed by atoms with E-state index in [1.54, 1.807) is 30.3 Å². The Bertz CT molecular complexity index is 895. The van der Waals surface area contributed by atoms with Gasteiger partial charge in [-0.2, -0.15) is 4.31 Å². The molecule has 3 rings (SSSR count). The van der Waals surface area contributed by atoms with Crippen LogP contribution in [0.2, 0.25) is 0 Å². The summed E-state index contributed by atoms with van der Waals surface area (Å²) in [6.07, 6.45) is 2.13. The Hall–Kier alpha value is -2.18. The first-order chi connectivity index (χ1) is 12.4. The third kappa shape index (κ3) is 3.81. The molecule has 0 aromatic heterocycles. The number of anilines is 1. The predicted octanol–water partition coefficient (Wildman–Crippen LogP) is 3.49. The van der Waals surface area contributed by atoms with Gasteiger partial charge in [0.2, 0.25) is 15.9 Å². The molecule has 1 aliphatic rings. The summed E-state index contributed by atoms with van der Waals surface area (Å²) in [6.45, 7) is 4.36. The Morgan fingerprint density at radius 3 is 2.46 bits per heavy atom. The highest BCUT2D eigenvalue weighted by Gasteiger charge is 2.37. The predicted molar refractivity (Wildman–Crippen MR) is 103 cm³/mol. The molecule has 0 spiro atoms. The quantitative estimate of drug-likeness (QED) is 0.893. The molecule has 138 valence electrons. The van der Waals surface area contributed by atoms with Gasteiger partial charge in [-0.1, -0.05) is 30.7 Å². The first-order valence-corrected chi connectivity index (χ1v) is 10.3. The third-order valence-electron chi connectivity index (χ3n) is 4.88. The van der Waals surface area contributed by atoms with Crippen molar-refractivity contribution in [1.82, 2.24) is 4.31 Å². The molecule has 0 unspecified atom stereocenters. The summed E-state index contributed by atoms with van der Waals surface area (Å²) in [4.78, 5) is 13.1. The molecule has 2 aromatic rings. The molecule has 2 aromatic carbocycles. The molecule has 1 N–H and O–H groups in total. The number of nitrogens with one attached hydrogen (secondary N) is 1. The number of carbonyl (C=O) groups excluding carboxylic acids is 1. The third-order valence-corrected chi connectivity index (χ3v) is 6.80. The lowest BCUT2D eigenvalue weighted by Gasteiger charge is -2.33. The maximum Gasteiger partial charge on any atom is 0.243 e. The Kier molecular flexibility index (Phi) is 5.44. The fourth-order valence-corrected chi connectivity index (χ4v) is 4.90. The van der Waals surface area contributed by atoms with Crippen LogP contribution in [0.5, 0.6) is 0 Å². The van der Waals surface area contributed by atoms with Crippen LogP contribution in [0, 0.1) is 13.8 Å². The van der Waals surface area contributed by atoms with Crippen LogP contribution < -0.4 is 5.32 Å². The normalized spacial score (nSPS) is 18.5. The van der Waals surface area contributed by atoms with E-state index in [1.807, 2.05) is 32.0 Å². The highest BCUT2D eigenvalue weighted by Crippen LogP contribution is 2.26. The number of benzene rings is 2. The highest BCUT2D eigenvalue weighted by molar-refractivity contribution is 7.89. The smallest absolute Gasteiger partial charge is 0.243 e. The fraction of sp³-hybridized carbons (Fsp3) is 0.350. The SMILES string of the molecule is Cc1ccc(NC(=O)[C@H]2CCCCN2S(=O)(=O)c2ccccc2)cc1C. The molecule has 26 heavy (non-hydrogen) atoms. The van der Waals surface area contributed by atoms with Crippen LogP contribution in [-0.2, 0) is 14.8 Å². The molecule has 1 atom stereocenters. The van der Waals surface area contributed by atoms with Crippen molar-refractivity contribution in [3.63, 3.8) is 0 Å². The van der Waals surface area contributed by atoms with Crippen LogP contribution in [0.4, 0.5) is 5.69 Å². The molecule has 0 saturated carbocycles. The largest absolute Gasteiger partial charge is 0.325 e. The van der Waals surface area contributed by atoms with Gasteiger partial charge in [-0.3, -0.25) is 4.79 Å². The van der Waals surface area contributed by atoms with Gasteiger partial charge in [-0.05, 0) is 62.1 Å². The number of aryl methyl sites for hydroxylation is 2. The monoisotopic (exact) mass is 372 g/mol. The summed E-state index contributed by atoms with van der Waals surface area (Å²) in [5, 5.41) is 2.89. The van der Waals surface area contributed by atoms with Crippen molar-refractivity contribution < 1.29 is 13.2 Å². The van der Waals surface area contributed by atoms with E-state index in [-0.39, 0.29) is 10.8 Å². The maximum absolute atomic E-state index is 13.0. The number of carbonyl (C=O) groups is 1. The summed E-state index contributed by atoms with van der Waals surface area (Å²) < 4.78 is 27.3. The Morgan fingerprint density at radius 2 is 1.77 bits per heavy atom. The first-order valence-electron chi connectivity index (χ1n) is 8.84. The number of rotatable bonds is 4. The van der Waals surface area contributed by atoms with Gasteiger partial charge in [0, 0.05) is 12.2 Å². The number of hydrogen-bond acceptors (Lipinski definition) is 3. The number of piperidine rings is 1. The van der Waals surface area contributed by atoms with Gasteiger partial charge in [0.15, 0.2) is 0 Å². The van der Waals surface area contributed by atoms with E-state index >= 15 is 0 Å². The minimum Gasteiger partial charge on any atom is -0.325 e. The number of hydrogen-bond donors (Lipinski definition) is 1. The molecule has 1 heterocycles. The van der Waals surface area contributed by atoms with Crippen molar-refractivity contribution in [2.45, 2.75) is 44.0 Å². The van der Waals surface area contributed by atoms with E-state index in [2.05, 4.69) is 5.32 Å². The zero-order valence-electron chi connectivity index (χ0n) is 15.1. The average molecular weight is 372 g/mol. The number of sulfonamides is 1. The van der Waals surface area contributed by atoms with E-state index in [0.717, 1.165) is 24.0 Å². The van der Waals surface area contributed by atoms with Gasteiger partial charge in [0.05, 0.1) is 4.90 Å². The van der Waals surface area contributed by atoms with Crippen molar-refractivity contribution in [2.24, 2.45) is 0 Å². The van der Waals surface area contributed by atoms with E-state index < -0.39 is 16.1 Å². The fourth-order valence-electron chi connectivity index (χ4n) is 3.23. The lowest BCUT2D eigenvalue weighted by atomic mass is 10.0. The molecule has 6 heteroatoms. The van der Waals surface area contributed by atoms with Crippen LogP contribution in [0.3, 0.4) is 0 Å². The first kappa shape index (κ1) is 18.6. The molecule has 0 radical (unpaired) electrons. The maximum atomic E-state index is 13.0. The molecule has 5 nitrogen and oxygen atoms in total. The molecule has 1 amide bonds. The lowest BCUT2D eigenvalue weighted by Crippen LogP contribution is -2.49. The molecule has 1 saturated heterocycles. The van der Waals surface area contributed by atoms with Crippen molar-refractivity contribution in [3.05, 3.63) is 59.7 Å². The topological polar surface area (TPSA) is 66.5 Å². The molecule has 0 bridgehead atoms. The highest BCUT2D eigenvalue weighted by atomic mass is 32.2. The minimum absolute atomic E-state index is 0.228. The van der Waals surface area contributed by atoms with Crippen molar-refractivity contribution in [1.29, 1.82) is 0 Å². The number of nitrogens with zero attached hydrogens (tertiary/aromatic N) is 1. The van der Waals surface area contributed by atoms with Crippen LogP contribution in [0.1, 0.15) is 30.4 Å². The van der Waals surface area contributed by atoms with Gasteiger partial charge in [-0.25, -0.2) is 8.42 Å². The van der Waals surface area contributed by atoms with Crippen molar-refractivity contribution in [3.8, 4) is 0 Å². The number of amides is 1. The van der Waals surface area contributed by atoms with Crippen molar-refractivity contribution in [2.75, 3.05) is 11.9 Å². The van der Waals surface area contributed by atoms with E-state index in [4.69, 9.17) is 0 Å². The Morgan fingerprint density at radius 1 is 1.04 bits per heavy atom. The summed E-state index contributed by atoms with van der Waals surface area (Å²) in [6, 6.07) is 13.3. The zero-order chi connectivity index (χ0) is 18.7. The van der Waals surface area contributed by atoms with Gasteiger partial charge in [-0.15, -0.1) is 0 Å². The summed E-state index contributed by atoms with van der Waals surface area (Å²) in [5.74, 6) is -0.271. The second kappa shape index (κ2) is 7.60. The van der Waals surface area contributed by atoms with Gasteiger partial charge < -0.3 is 5.32 Å². The minimum atomic E-state index is -3.69. The summed E-state index contributed by atoms with van der Waals surface area (Å²) in [7, 11) is -3.69. The summed E-state index contributed by atoms with van der Waals surface area (Å²) >= 11 is 0. The molecular weight excluding hydrogens is 348 g/mol. The van der Waals surface area contributed by atoms with E-state index in [1.165, 1.54) is 4.31 Å². The Balaban J connectivity index is 1.84. The molecular formula is C20H24N2O3S. The second-order valence-electron chi connectivity index (χ2n) is 6.73.